The number of benzene rings is 1. The summed E-state index contributed by atoms with van der Waals surface area (Å²) < 4.78 is 5.33. The van der Waals surface area contributed by atoms with Crippen molar-refractivity contribution in [2.75, 3.05) is 12.8 Å². The molecule has 0 radical (unpaired) electrons. The zero-order valence-electron chi connectivity index (χ0n) is 14.6. The smallest absolute Gasteiger partial charge is 0.256 e. The van der Waals surface area contributed by atoms with Crippen molar-refractivity contribution in [3.8, 4) is 5.75 Å². The summed E-state index contributed by atoms with van der Waals surface area (Å²) in [6.07, 6.45) is 5.48. The molecular weight excluding hydrogens is 326 g/mol. The quantitative estimate of drug-likeness (QED) is 0.816. The second-order valence-corrected chi connectivity index (χ2v) is 7.55. The van der Waals surface area contributed by atoms with E-state index in [9.17, 15) is 4.79 Å². The molecule has 2 saturated heterocycles. The summed E-state index contributed by atoms with van der Waals surface area (Å²) in [5.41, 5.74) is 6.40. The Balaban J connectivity index is 1.90. The van der Waals surface area contributed by atoms with Gasteiger partial charge < -0.3 is 15.8 Å². The van der Waals surface area contributed by atoms with E-state index in [-0.39, 0.29) is 11.6 Å². The lowest BCUT2D eigenvalue weighted by atomic mass is 9.94. The molecule has 2 unspecified atom stereocenters. The van der Waals surface area contributed by atoms with Crippen LogP contribution in [0.5, 0.6) is 5.75 Å². The fraction of sp³-hybridized carbons (Fsp3) is 0.611. The Morgan fingerprint density at radius 1 is 1.42 bits per heavy atom. The minimum absolute atomic E-state index is 0.151. The lowest BCUT2D eigenvalue weighted by molar-refractivity contribution is 0.00234. The molecule has 3 N–H and O–H groups in total. The summed E-state index contributed by atoms with van der Waals surface area (Å²) in [6.45, 7) is 4.40. The van der Waals surface area contributed by atoms with Gasteiger partial charge in [0.2, 0.25) is 0 Å². The molecular formula is C18H26ClN3O2. The van der Waals surface area contributed by atoms with Crippen LogP contribution >= 0.6 is 11.6 Å². The Morgan fingerprint density at radius 2 is 2.17 bits per heavy atom. The van der Waals surface area contributed by atoms with Crippen LogP contribution in [-0.4, -0.2) is 35.7 Å². The molecule has 2 aliphatic heterocycles. The van der Waals surface area contributed by atoms with Crippen LogP contribution in [0.25, 0.3) is 0 Å². The van der Waals surface area contributed by atoms with Gasteiger partial charge in [0.15, 0.2) is 0 Å². The van der Waals surface area contributed by atoms with Crippen molar-refractivity contribution in [3.05, 3.63) is 22.7 Å². The molecule has 1 aromatic carbocycles. The lowest BCUT2D eigenvalue weighted by Crippen LogP contribution is -2.62. The van der Waals surface area contributed by atoms with Crippen molar-refractivity contribution >= 4 is 23.2 Å². The number of piperidine rings is 1. The fourth-order valence-electron chi connectivity index (χ4n) is 4.49. The average molecular weight is 352 g/mol. The van der Waals surface area contributed by atoms with Gasteiger partial charge in [0.1, 0.15) is 5.75 Å². The third-order valence-corrected chi connectivity index (χ3v) is 5.70. The normalized spacial score (nSPS) is 26.6. The summed E-state index contributed by atoms with van der Waals surface area (Å²) in [6, 6.07) is 4.16. The summed E-state index contributed by atoms with van der Waals surface area (Å²) in [5.74, 6) is 0.300. The topological polar surface area (TPSA) is 67.6 Å². The number of anilines is 1. The van der Waals surface area contributed by atoms with E-state index in [4.69, 9.17) is 22.1 Å². The maximum absolute atomic E-state index is 13.0. The van der Waals surface area contributed by atoms with E-state index in [0.717, 1.165) is 25.7 Å². The number of hydrogen-bond acceptors (Lipinski definition) is 4. The van der Waals surface area contributed by atoms with E-state index in [1.54, 1.807) is 12.1 Å². The lowest BCUT2D eigenvalue weighted by Gasteiger charge is -2.47. The number of carbonyl (C=O) groups is 1. The summed E-state index contributed by atoms with van der Waals surface area (Å²) in [7, 11) is 1.53. The van der Waals surface area contributed by atoms with Crippen LogP contribution in [0.3, 0.4) is 0 Å². The van der Waals surface area contributed by atoms with Gasteiger partial charge in [0.05, 0.1) is 29.0 Å². The second-order valence-electron chi connectivity index (χ2n) is 7.15. The first-order valence-corrected chi connectivity index (χ1v) is 9.00. The highest BCUT2D eigenvalue weighted by Crippen LogP contribution is 2.44. The monoisotopic (exact) mass is 351 g/mol. The Kier molecular flexibility index (Phi) is 4.67. The van der Waals surface area contributed by atoms with Crippen LogP contribution in [0, 0.1) is 0 Å². The van der Waals surface area contributed by atoms with Crippen LogP contribution in [0.2, 0.25) is 5.02 Å². The number of carbonyl (C=O) groups excluding carboxylic acids is 1. The Labute approximate surface area is 148 Å². The fourth-order valence-corrected chi connectivity index (χ4v) is 4.65. The summed E-state index contributed by atoms with van der Waals surface area (Å²) >= 11 is 6.11. The number of amides is 1. The average Bonchev–Trinajstić information content (AvgIpc) is 2.76. The highest BCUT2D eigenvalue weighted by molar-refractivity contribution is 6.33. The third kappa shape index (κ3) is 2.84. The molecule has 1 aromatic rings. The number of nitrogens with zero attached hydrogens (tertiary/aromatic N) is 1. The van der Waals surface area contributed by atoms with E-state index in [1.807, 2.05) is 0 Å². The summed E-state index contributed by atoms with van der Waals surface area (Å²) in [4.78, 5) is 15.5. The van der Waals surface area contributed by atoms with Crippen molar-refractivity contribution in [3.63, 3.8) is 0 Å². The molecule has 0 spiro atoms. The predicted octanol–water partition coefficient (Wildman–Crippen LogP) is 3.41. The minimum atomic E-state index is -0.257. The molecule has 2 bridgehead atoms. The summed E-state index contributed by atoms with van der Waals surface area (Å²) in [5, 5.41) is 3.67. The molecule has 1 amide bonds. The Bertz CT molecular complexity index is 645. The van der Waals surface area contributed by atoms with Crippen molar-refractivity contribution in [2.45, 2.75) is 63.7 Å². The molecule has 2 aliphatic rings. The van der Waals surface area contributed by atoms with Gasteiger partial charge >= 0.3 is 0 Å². The molecule has 2 atom stereocenters. The van der Waals surface area contributed by atoms with Gasteiger partial charge in [-0.15, -0.1) is 0 Å². The molecule has 2 heterocycles. The zero-order chi connectivity index (χ0) is 17.5. The first-order valence-electron chi connectivity index (χ1n) is 8.62. The highest BCUT2D eigenvalue weighted by atomic mass is 35.5. The third-order valence-electron chi connectivity index (χ3n) is 5.37. The largest absolute Gasteiger partial charge is 0.496 e. The van der Waals surface area contributed by atoms with Crippen molar-refractivity contribution in [1.29, 1.82) is 0 Å². The van der Waals surface area contributed by atoms with Crippen LogP contribution in [0.4, 0.5) is 5.69 Å². The van der Waals surface area contributed by atoms with Crippen LogP contribution in [0.1, 0.15) is 56.3 Å². The molecule has 2 fully saturated rings. The number of rotatable bonds is 4. The van der Waals surface area contributed by atoms with E-state index in [1.165, 1.54) is 13.5 Å². The van der Waals surface area contributed by atoms with Gasteiger partial charge in [0.25, 0.3) is 5.91 Å². The number of nitrogens with two attached hydrogens (primary N) is 1. The first kappa shape index (κ1) is 17.4. The molecule has 0 aromatic heterocycles. The predicted molar refractivity (Wildman–Crippen MR) is 96.5 cm³/mol. The first-order chi connectivity index (χ1) is 11.4. The van der Waals surface area contributed by atoms with Crippen LogP contribution in [-0.2, 0) is 0 Å². The van der Waals surface area contributed by atoms with E-state index in [2.05, 4.69) is 24.1 Å². The molecule has 132 valence electrons. The molecule has 5 nitrogen and oxygen atoms in total. The molecule has 24 heavy (non-hydrogen) atoms. The Hall–Kier alpha value is -1.46. The molecule has 0 aliphatic carbocycles. The van der Waals surface area contributed by atoms with Gasteiger partial charge in [-0.05, 0) is 52.0 Å². The molecule has 0 saturated carbocycles. The van der Waals surface area contributed by atoms with Gasteiger partial charge in [-0.1, -0.05) is 11.6 Å². The zero-order valence-corrected chi connectivity index (χ0v) is 15.3. The highest BCUT2D eigenvalue weighted by Gasteiger charge is 2.50. The SMILES string of the molecule is COc1cc(N)c(Cl)cc1C(=O)NC12CCCC(CC1)N2C(C)C. The van der Waals surface area contributed by atoms with Gasteiger partial charge in [0, 0.05) is 18.2 Å². The molecule has 3 rings (SSSR count). The Morgan fingerprint density at radius 3 is 2.83 bits per heavy atom. The molecule has 6 heteroatoms. The number of halogens is 1. The number of fused-ring (bicyclic) bond motifs is 2. The van der Waals surface area contributed by atoms with Gasteiger partial charge in [-0.2, -0.15) is 0 Å². The van der Waals surface area contributed by atoms with Crippen LogP contribution < -0.4 is 15.8 Å². The van der Waals surface area contributed by atoms with Crippen molar-refractivity contribution in [1.82, 2.24) is 10.2 Å². The van der Waals surface area contributed by atoms with Crippen LogP contribution in [0.15, 0.2) is 12.1 Å². The maximum atomic E-state index is 13.0. The van der Waals surface area contributed by atoms with E-state index in [0.29, 0.717) is 34.1 Å². The van der Waals surface area contributed by atoms with Gasteiger partial charge in [-0.25, -0.2) is 0 Å². The van der Waals surface area contributed by atoms with Gasteiger partial charge in [-0.3, -0.25) is 9.69 Å². The van der Waals surface area contributed by atoms with Crippen molar-refractivity contribution in [2.24, 2.45) is 0 Å². The number of ether oxygens (including phenoxy) is 1. The maximum Gasteiger partial charge on any atom is 0.256 e. The number of nitrogen functional groups attached to an aromatic ring is 1. The number of hydrogen-bond donors (Lipinski definition) is 2. The van der Waals surface area contributed by atoms with E-state index >= 15 is 0 Å². The number of nitrogens with one attached hydrogen (secondary N) is 1. The standard InChI is InChI=1S/C18H26ClN3O2/c1-11(2)22-12-5-4-7-18(22,8-6-12)21-17(23)13-9-14(19)15(20)10-16(13)24-3/h9-12H,4-8,20H2,1-3H3,(H,21,23). The number of methoxy groups -OCH3 is 1. The second kappa shape index (κ2) is 6.45. The van der Waals surface area contributed by atoms with E-state index < -0.39 is 0 Å². The van der Waals surface area contributed by atoms with Crippen molar-refractivity contribution < 1.29 is 9.53 Å². The minimum Gasteiger partial charge on any atom is -0.496 e.